The molecule has 0 radical (unpaired) electrons. The van der Waals surface area contributed by atoms with Crippen molar-refractivity contribution < 1.29 is 17.9 Å². The topological polar surface area (TPSA) is 67.9 Å². The summed E-state index contributed by atoms with van der Waals surface area (Å²) in [5.74, 6) is 0.501. The third kappa shape index (κ3) is 4.28. The molecule has 7 heteroatoms. The molecule has 0 saturated carbocycles. The van der Waals surface area contributed by atoms with Gasteiger partial charge in [-0.3, -0.25) is 4.72 Å². The number of rotatable bonds is 6. The Morgan fingerprint density at radius 2 is 1.88 bits per heavy atom. The first kappa shape index (κ1) is 18.5. The molecule has 1 atom stereocenters. The predicted octanol–water partition coefficient (Wildman–Crippen LogP) is 3.11. The van der Waals surface area contributed by atoms with Crippen LogP contribution in [0.25, 0.3) is 0 Å². The number of ether oxygens (including phenoxy) is 2. The zero-order chi connectivity index (χ0) is 18.6. The average Bonchev–Trinajstić information content (AvgIpc) is 2.68. The van der Waals surface area contributed by atoms with Crippen LogP contribution in [0.3, 0.4) is 0 Å². The largest absolute Gasteiger partial charge is 0.497 e. The number of piperidine rings is 1. The lowest BCUT2D eigenvalue weighted by Gasteiger charge is -2.33. The standard InChI is InChI=1S/C19H24N2O4S/c1-24-17-5-3-7-19(13-17)26(22,23)20-15-8-10-16(11-9-15)21-12-4-6-18(14-21)25-2/h3,5,7-11,13,18,20H,4,6,12,14H2,1-2H3. The van der Waals surface area contributed by atoms with Crippen LogP contribution >= 0.6 is 0 Å². The van der Waals surface area contributed by atoms with Crippen molar-refractivity contribution in [2.75, 3.05) is 36.9 Å². The van der Waals surface area contributed by atoms with Gasteiger partial charge in [0.15, 0.2) is 0 Å². The third-order valence-corrected chi connectivity index (χ3v) is 5.93. The van der Waals surface area contributed by atoms with Gasteiger partial charge in [0.25, 0.3) is 10.0 Å². The van der Waals surface area contributed by atoms with Crippen LogP contribution in [-0.4, -0.2) is 41.8 Å². The predicted molar refractivity (Wildman–Crippen MR) is 102 cm³/mol. The van der Waals surface area contributed by atoms with E-state index in [0.717, 1.165) is 31.6 Å². The van der Waals surface area contributed by atoms with Crippen LogP contribution < -0.4 is 14.4 Å². The maximum atomic E-state index is 12.5. The smallest absolute Gasteiger partial charge is 0.262 e. The van der Waals surface area contributed by atoms with Crippen LogP contribution in [0.5, 0.6) is 5.75 Å². The van der Waals surface area contributed by atoms with E-state index in [1.165, 1.54) is 19.2 Å². The second-order valence-electron chi connectivity index (χ2n) is 6.28. The van der Waals surface area contributed by atoms with Gasteiger partial charge in [0.1, 0.15) is 5.75 Å². The molecule has 0 bridgehead atoms. The van der Waals surface area contributed by atoms with Crippen LogP contribution in [0.1, 0.15) is 12.8 Å². The fourth-order valence-electron chi connectivity index (χ4n) is 3.09. The molecule has 0 aromatic heterocycles. The lowest BCUT2D eigenvalue weighted by Crippen LogP contribution is -2.39. The second kappa shape index (κ2) is 7.97. The van der Waals surface area contributed by atoms with E-state index < -0.39 is 10.0 Å². The highest BCUT2D eigenvalue weighted by Crippen LogP contribution is 2.25. The lowest BCUT2D eigenvalue weighted by molar-refractivity contribution is 0.0893. The first-order chi connectivity index (χ1) is 12.5. The molecule has 2 aromatic carbocycles. The van der Waals surface area contributed by atoms with Crippen molar-refractivity contribution >= 4 is 21.4 Å². The number of benzene rings is 2. The Labute approximate surface area is 154 Å². The highest BCUT2D eigenvalue weighted by atomic mass is 32.2. The van der Waals surface area contributed by atoms with Gasteiger partial charge in [-0.15, -0.1) is 0 Å². The molecule has 0 spiro atoms. The zero-order valence-corrected chi connectivity index (χ0v) is 15.8. The molecule has 0 aliphatic carbocycles. The monoisotopic (exact) mass is 376 g/mol. The highest BCUT2D eigenvalue weighted by molar-refractivity contribution is 7.92. The molecule has 1 fully saturated rings. The molecule has 1 aliphatic heterocycles. The fourth-order valence-corrected chi connectivity index (χ4v) is 4.18. The average molecular weight is 376 g/mol. The molecule has 1 aliphatic rings. The molecule has 1 unspecified atom stereocenters. The van der Waals surface area contributed by atoms with Crippen molar-refractivity contribution in [3.63, 3.8) is 0 Å². The number of nitrogens with zero attached hydrogens (tertiary/aromatic N) is 1. The number of sulfonamides is 1. The van der Waals surface area contributed by atoms with E-state index in [1.807, 2.05) is 12.1 Å². The van der Waals surface area contributed by atoms with Gasteiger partial charge in [0.2, 0.25) is 0 Å². The van der Waals surface area contributed by atoms with Crippen molar-refractivity contribution in [2.45, 2.75) is 23.8 Å². The van der Waals surface area contributed by atoms with E-state index in [0.29, 0.717) is 11.4 Å². The van der Waals surface area contributed by atoms with Gasteiger partial charge in [-0.05, 0) is 49.2 Å². The number of nitrogens with one attached hydrogen (secondary N) is 1. The van der Waals surface area contributed by atoms with Gasteiger partial charge in [-0.25, -0.2) is 8.42 Å². The molecule has 1 heterocycles. The quantitative estimate of drug-likeness (QED) is 0.839. The number of methoxy groups -OCH3 is 2. The van der Waals surface area contributed by atoms with E-state index in [2.05, 4.69) is 9.62 Å². The summed E-state index contributed by atoms with van der Waals surface area (Å²) in [7, 11) is -0.413. The van der Waals surface area contributed by atoms with Crippen molar-refractivity contribution in [2.24, 2.45) is 0 Å². The van der Waals surface area contributed by atoms with Gasteiger partial charge >= 0.3 is 0 Å². The summed E-state index contributed by atoms with van der Waals surface area (Å²) in [6.07, 6.45) is 2.41. The lowest BCUT2D eigenvalue weighted by atomic mass is 10.1. The van der Waals surface area contributed by atoms with Crippen LogP contribution in [0.2, 0.25) is 0 Å². The molecule has 1 saturated heterocycles. The maximum absolute atomic E-state index is 12.5. The normalized spacial score (nSPS) is 17.8. The van der Waals surface area contributed by atoms with E-state index in [1.54, 1.807) is 31.4 Å². The summed E-state index contributed by atoms with van der Waals surface area (Å²) in [6, 6.07) is 13.8. The van der Waals surface area contributed by atoms with E-state index in [9.17, 15) is 8.42 Å². The first-order valence-corrected chi connectivity index (χ1v) is 10.0. The van der Waals surface area contributed by atoms with Crippen LogP contribution in [-0.2, 0) is 14.8 Å². The number of hydrogen-bond acceptors (Lipinski definition) is 5. The van der Waals surface area contributed by atoms with E-state index in [4.69, 9.17) is 9.47 Å². The van der Waals surface area contributed by atoms with E-state index >= 15 is 0 Å². The number of hydrogen-bond donors (Lipinski definition) is 1. The molecule has 140 valence electrons. The van der Waals surface area contributed by atoms with Gasteiger partial charge in [0.05, 0.1) is 18.1 Å². The zero-order valence-electron chi connectivity index (χ0n) is 15.0. The molecule has 2 aromatic rings. The first-order valence-electron chi connectivity index (χ1n) is 8.56. The molecular formula is C19H24N2O4S. The minimum absolute atomic E-state index is 0.167. The van der Waals surface area contributed by atoms with Crippen LogP contribution in [0, 0.1) is 0 Å². The minimum atomic E-state index is -3.66. The molecular weight excluding hydrogens is 352 g/mol. The molecule has 1 N–H and O–H groups in total. The summed E-state index contributed by atoms with van der Waals surface area (Å²) >= 11 is 0. The SMILES string of the molecule is COc1cccc(S(=O)(=O)Nc2ccc(N3CCCC(OC)C3)cc2)c1. The Balaban J connectivity index is 1.72. The molecule has 6 nitrogen and oxygen atoms in total. The van der Waals surface area contributed by atoms with Crippen molar-refractivity contribution in [1.29, 1.82) is 0 Å². The summed E-state index contributed by atoms with van der Waals surface area (Å²) in [5, 5.41) is 0. The van der Waals surface area contributed by atoms with Gasteiger partial charge in [0, 0.05) is 37.6 Å². The summed E-state index contributed by atoms with van der Waals surface area (Å²) < 4.78 is 38.2. The van der Waals surface area contributed by atoms with Crippen molar-refractivity contribution in [3.8, 4) is 5.75 Å². The Bertz CT molecular complexity index is 837. The summed E-state index contributed by atoms with van der Waals surface area (Å²) in [6.45, 7) is 1.83. The highest BCUT2D eigenvalue weighted by Gasteiger charge is 2.20. The Morgan fingerprint density at radius 3 is 2.58 bits per heavy atom. The minimum Gasteiger partial charge on any atom is -0.497 e. The number of anilines is 2. The fraction of sp³-hybridized carbons (Fsp3) is 0.368. The van der Waals surface area contributed by atoms with Crippen molar-refractivity contribution in [3.05, 3.63) is 48.5 Å². The van der Waals surface area contributed by atoms with E-state index in [-0.39, 0.29) is 11.0 Å². The third-order valence-electron chi connectivity index (χ3n) is 4.55. The maximum Gasteiger partial charge on any atom is 0.262 e. The second-order valence-corrected chi connectivity index (χ2v) is 7.96. The summed E-state index contributed by atoms with van der Waals surface area (Å²) in [4.78, 5) is 2.43. The van der Waals surface area contributed by atoms with Crippen LogP contribution in [0.15, 0.2) is 53.4 Å². The molecule has 3 rings (SSSR count). The Morgan fingerprint density at radius 1 is 1.12 bits per heavy atom. The molecule has 0 amide bonds. The Kier molecular flexibility index (Phi) is 5.68. The van der Waals surface area contributed by atoms with Gasteiger partial charge in [-0.1, -0.05) is 6.07 Å². The van der Waals surface area contributed by atoms with Crippen LogP contribution in [0.4, 0.5) is 11.4 Å². The van der Waals surface area contributed by atoms with Gasteiger partial charge in [-0.2, -0.15) is 0 Å². The van der Waals surface area contributed by atoms with Crippen molar-refractivity contribution in [1.82, 2.24) is 0 Å². The summed E-state index contributed by atoms with van der Waals surface area (Å²) in [5.41, 5.74) is 1.59. The van der Waals surface area contributed by atoms with Gasteiger partial charge < -0.3 is 14.4 Å². The molecule has 26 heavy (non-hydrogen) atoms. The Hall–Kier alpha value is -2.25.